The van der Waals surface area contributed by atoms with Gasteiger partial charge < -0.3 is 14.8 Å². The first-order valence-electron chi connectivity index (χ1n) is 9.34. The van der Waals surface area contributed by atoms with E-state index >= 15 is 0 Å². The highest BCUT2D eigenvalue weighted by Gasteiger charge is 2.26. The van der Waals surface area contributed by atoms with E-state index in [0.717, 1.165) is 21.8 Å². The summed E-state index contributed by atoms with van der Waals surface area (Å²) in [7, 11) is 0. The molecule has 1 aromatic carbocycles. The van der Waals surface area contributed by atoms with Gasteiger partial charge in [-0.05, 0) is 39.0 Å². The number of carbonyl (C=O) groups excluding carboxylic acids is 2. The van der Waals surface area contributed by atoms with E-state index in [1.165, 1.54) is 11.3 Å². The monoisotopic (exact) mass is 411 g/mol. The molecule has 0 radical (unpaired) electrons. The molecule has 1 atom stereocenters. The van der Waals surface area contributed by atoms with Gasteiger partial charge in [0, 0.05) is 28.1 Å². The molecule has 0 fully saturated rings. The van der Waals surface area contributed by atoms with Crippen LogP contribution in [0.15, 0.2) is 42.6 Å². The normalized spacial score (nSPS) is 13.2. The number of nitrogens with zero attached hydrogens (tertiary/aromatic N) is 2. The topological polar surface area (TPSA) is 82.5 Å². The van der Waals surface area contributed by atoms with Crippen molar-refractivity contribution >= 4 is 29.0 Å². The van der Waals surface area contributed by atoms with Gasteiger partial charge in [0.1, 0.15) is 23.1 Å². The first kappa shape index (κ1) is 19.2. The molecule has 0 aliphatic carbocycles. The standard InChI is InChI=1S/C21H21N3O4S/c1-12(2)24-18(8-9-22-24)23-20(25)13(3)28-21(26)17-10-14-11-27-16-7-5-4-6-15(16)19(14)29-17/h4-10,12-13H,11H2,1-3H3,(H,23,25)/t13-/m1/s1. The first-order valence-corrected chi connectivity index (χ1v) is 10.2. The summed E-state index contributed by atoms with van der Waals surface area (Å²) in [5.74, 6) is 0.433. The fraction of sp³-hybridized carbons (Fsp3) is 0.286. The molecule has 4 rings (SSSR count). The smallest absolute Gasteiger partial charge is 0.349 e. The van der Waals surface area contributed by atoms with Crippen molar-refractivity contribution in [1.82, 2.24) is 9.78 Å². The van der Waals surface area contributed by atoms with Crippen LogP contribution in [0.1, 0.15) is 42.0 Å². The van der Waals surface area contributed by atoms with Gasteiger partial charge in [-0.25, -0.2) is 9.48 Å². The van der Waals surface area contributed by atoms with Crippen LogP contribution >= 0.6 is 11.3 Å². The molecular formula is C21H21N3O4S. The molecule has 29 heavy (non-hydrogen) atoms. The summed E-state index contributed by atoms with van der Waals surface area (Å²) in [6, 6.07) is 11.3. The van der Waals surface area contributed by atoms with Crippen LogP contribution in [0.2, 0.25) is 0 Å². The van der Waals surface area contributed by atoms with Crippen molar-refractivity contribution in [3.63, 3.8) is 0 Å². The Bertz CT molecular complexity index is 1070. The zero-order valence-electron chi connectivity index (χ0n) is 16.3. The highest BCUT2D eigenvalue weighted by atomic mass is 32.1. The third-order valence-electron chi connectivity index (χ3n) is 4.59. The predicted octanol–water partition coefficient (Wildman–Crippen LogP) is 4.27. The van der Waals surface area contributed by atoms with E-state index in [0.29, 0.717) is 17.3 Å². The molecule has 0 saturated heterocycles. The van der Waals surface area contributed by atoms with Crippen molar-refractivity contribution in [3.8, 4) is 16.2 Å². The number of fused-ring (bicyclic) bond motifs is 3. The van der Waals surface area contributed by atoms with Crippen molar-refractivity contribution in [1.29, 1.82) is 0 Å². The largest absolute Gasteiger partial charge is 0.488 e. The minimum absolute atomic E-state index is 0.0979. The van der Waals surface area contributed by atoms with Crippen LogP contribution in [0.3, 0.4) is 0 Å². The Hall–Kier alpha value is -3.13. The van der Waals surface area contributed by atoms with Gasteiger partial charge in [0.05, 0.1) is 6.20 Å². The number of nitrogens with one attached hydrogen (secondary N) is 1. The number of esters is 1. The molecule has 1 aliphatic heterocycles. The summed E-state index contributed by atoms with van der Waals surface area (Å²) in [6.07, 6.45) is 0.670. The summed E-state index contributed by atoms with van der Waals surface area (Å²) in [6.45, 7) is 5.89. The maximum absolute atomic E-state index is 12.6. The minimum atomic E-state index is -0.944. The number of benzene rings is 1. The first-order chi connectivity index (χ1) is 13.9. The average molecular weight is 411 g/mol. The Morgan fingerprint density at radius 1 is 1.24 bits per heavy atom. The number of thiophene rings is 1. The van der Waals surface area contributed by atoms with Crippen LogP contribution in [-0.4, -0.2) is 27.8 Å². The number of hydrogen-bond acceptors (Lipinski definition) is 6. The maximum atomic E-state index is 12.6. The van der Waals surface area contributed by atoms with E-state index in [4.69, 9.17) is 9.47 Å². The van der Waals surface area contributed by atoms with E-state index in [1.807, 2.05) is 38.1 Å². The zero-order chi connectivity index (χ0) is 20.5. The Balaban J connectivity index is 1.45. The molecule has 0 saturated carbocycles. The van der Waals surface area contributed by atoms with E-state index in [-0.39, 0.29) is 6.04 Å². The van der Waals surface area contributed by atoms with Gasteiger partial charge in [0.25, 0.3) is 5.91 Å². The van der Waals surface area contributed by atoms with E-state index < -0.39 is 18.0 Å². The number of para-hydroxylation sites is 1. The van der Waals surface area contributed by atoms with Crippen molar-refractivity contribution in [2.24, 2.45) is 0 Å². The highest BCUT2D eigenvalue weighted by Crippen LogP contribution is 2.42. The van der Waals surface area contributed by atoms with E-state index in [9.17, 15) is 9.59 Å². The van der Waals surface area contributed by atoms with Gasteiger partial charge in [0.15, 0.2) is 6.10 Å². The van der Waals surface area contributed by atoms with Crippen LogP contribution in [-0.2, 0) is 16.1 Å². The lowest BCUT2D eigenvalue weighted by Gasteiger charge is -2.16. The second kappa shape index (κ2) is 7.71. The SMILES string of the molecule is CC(C)n1nccc1NC(=O)[C@@H](C)OC(=O)c1cc2c(s1)-c1ccccc1OC2. The summed E-state index contributed by atoms with van der Waals surface area (Å²) in [4.78, 5) is 26.5. The van der Waals surface area contributed by atoms with Gasteiger partial charge in [0.2, 0.25) is 0 Å². The quantitative estimate of drug-likeness (QED) is 0.634. The summed E-state index contributed by atoms with van der Waals surface area (Å²) < 4.78 is 12.8. The van der Waals surface area contributed by atoms with Crippen LogP contribution < -0.4 is 10.1 Å². The van der Waals surface area contributed by atoms with Crippen LogP contribution in [0.25, 0.3) is 10.4 Å². The van der Waals surface area contributed by atoms with E-state index in [2.05, 4.69) is 10.4 Å². The number of hydrogen-bond donors (Lipinski definition) is 1. The van der Waals surface area contributed by atoms with Crippen LogP contribution in [0.5, 0.6) is 5.75 Å². The maximum Gasteiger partial charge on any atom is 0.349 e. The lowest BCUT2D eigenvalue weighted by atomic mass is 10.1. The number of anilines is 1. The number of aromatic nitrogens is 2. The summed E-state index contributed by atoms with van der Waals surface area (Å²) in [5, 5.41) is 6.93. The van der Waals surface area contributed by atoms with Gasteiger partial charge >= 0.3 is 5.97 Å². The number of amides is 1. The Kier molecular flexibility index (Phi) is 5.10. The fourth-order valence-electron chi connectivity index (χ4n) is 3.12. The molecule has 3 heterocycles. The molecule has 150 valence electrons. The van der Waals surface area contributed by atoms with Crippen LogP contribution in [0, 0.1) is 0 Å². The molecule has 3 aromatic rings. The second-order valence-corrected chi connectivity index (χ2v) is 8.09. The Morgan fingerprint density at radius 2 is 2.03 bits per heavy atom. The molecular weight excluding hydrogens is 390 g/mol. The predicted molar refractivity (Wildman–Crippen MR) is 110 cm³/mol. The van der Waals surface area contributed by atoms with E-state index in [1.54, 1.807) is 29.9 Å². The van der Waals surface area contributed by atoms with Crippen LogP contribution in [0.4, 0.5) is 5.82 Å². The lowest BCUT2D eigenvalue weighted by Crippen LogP contribution is -2.30. The minimum Gasteiger partial charge on any atom is -0.488 e. The lowest BCUT2D eigenvalue weighted by molar-refractivity contribution is -0.123. The van der Waals surface area contributed by atoms with Gasteiger partial charge in [-0.3, -0.25) is 4.79 Å². The van der Waals surface area contributed by atoms with Crippen molar-refractivity contribution in [2.45, 2.75) is 39.5 Å². The highest BCUT2D eigenvalue weighted by molar-refractivity contribution is 7.17. The number of ether oxygens (including phenoxy) is 2. The Morgan fingerprint density at radius 3 is 2.83 bits per heavy atom. The fourth-order valence-corrected chi connectivity index (χ4v) is 4.20. The molecule has 0 unspecified atom stereocenters. The third-order valence-corrected chi connectivity index (χ3v) is 5.78. The van der Waals surface area contributed by atoms with Gasteiger partial charge in [-0.15, -0.1) is 11.3 Å². The van der Waals surface area contributed by atoms with Crippen molar-refractivity contribution in [3.05, 3.63) is 53.0 Å². The van der Waals surface area contributed by atoms with Gasteiger partial charge in [-0.2, -0.15) is 5.10 Å². The molecule has 2 aromatic heterocycles. The summed E-state index contributed by atoms with van der Waals surface area (Å²) in [5.41, 5.74) is 1.91. The molecule has 1 aliphatic rings. The molecule has 1 amide bonds. The zero-order valence-corrected chi connectivity index (χ0v) is 17.2. The molecule has 8 heteroatoms. The van der Waals surface area contributed by atoms with Crippen molar-refractivity contribution in [2.75, 3.05) is 5.32 Å². The molecule has 1 N–H and O–H groups in total. The molecule has 0 spiro atoms. The number of rotatable bonds is 5. The molecule has 7 nitrogen and oxygen atoms in total. The molecule has 0 bridgehead atoms. The second-order valence-electron chi connectivity index (χ2n) is 7.04. The van der Waals surface area contributed by atoms with Crippen molar-refractivity contribution < 1.29 is 19.1 Å². The Labute approximate surface area is 172 Å². The summed E-state index contributed by atoms with van der Waals surface area (Å²) >= 11 is 1.35. The third kappa shape index (κ3) is 3.75. The van der Waals surface area contributed by atoms with Gasteiger partial charge in [-0.1, -0.05) is 12.1 Å². The average Bonchev–Trinajstić information content (AvgIpc) is 3.34. The number of carbonyl (C=O) groups is 2.